The predicted octanol–water partition coefficient (Wildman–Crippen LogP) is 0.459. The molecule has 2 heterocycles. The molecule has 0 aliphatic carbocycles. The minimum atomic E-state index is 0.416. The largest absolute Gasteiger partial charge is 0.382 e. The molecule has 2 aromatic rings. The van der Waals surface area contributed by atoms with E-state index in [2.05, 4.69) is 15.1 Å². The lowest BCUT2D eigenvalue weighted by Crippen LogP contribution is -1.93. The van der Waals surface area contributed by atoms with Crippen molar-refractivity contribution in [1.82, 2.24) is 19.7 Å². The summed E-state index contributed by atoms with van der Waals surface area (Å²) in [5.41, 5.74) is 6.94. The molecule has 0 aliphatic heterocycles. The molecule has 0 bridgehead atoms. The van der Waals surface area contributed by atoms with Gasteiger partial charge in [-0.15, -0.1) is 0 Å². The topological polar surface area (TPSA) is 69.6 Å². The summed E-state index contributed by atoms with van der Waals surface area (Å²) in [4.78, 5) is 8.03. The summed E-state index contributed by atoms with van der Waals surface area (Å²) in [7, 11) is 1.86. The lowest BCUT2D eigenvalue weighted by atomic mass is 10.3. The molecule has 0 aliphatic rings. The molecule has 0 spiro atoms. The lowest BCUT2D eigenvalue weighted by molar-refractivity contribution is 0.770. The minimum absolute atomic E-state index is 0.416. The predicted molar refractivity (Wildman–Crippen MR) is 48.6 cm³/mol. The second-order valence-electron chi connectivity index (χ2n) is 2.70. The van der Waals surface area contributed by atoms with Crippen LogP contribution in [0.5, 0.6) is 0 Å². The molecular formula is C8H9N5. The molecule has 2 N–H and O–H groups in total. The van der Waals surface area contributed by atoms with Crippen LogP contribution in [0.4, 0.5) is 5.82 Å². The van der Waals surface area contributed by atoms with E-state index in [0.717, 1.165) is 11.4 Å². The molecule has 5 nitrogen and oxygen atoms in total. The summed E-state index contributed by atoms with van der Waals surface area (Å²) in [5, 5.41) is 4.18. The zero-order chi connectivity index (χ0) is 9.26. The highest BCUT2D eigenvalue weighted by molar-refractivity contribution is 5.52. The van der Waals surface area contributed by atoms with E-state index in [-0.39, 0.29) is 0 Å². The van der Waals surface area contributed by atoms with Crippen LogP contribution in [0.1, 0.15) is 0 Å². The molecule has 0 unspecified atom stereocenters. The number of hydrogen-bond acceptors (Lipinski definition) is 4. The summed E-state index contributed by atoms with van der Waals surface area (Å²) in [5.74, 6) is 0.416. The van der Waals surface area contributed by atoms with Crippen LogP contribution >= 0.6 is 0 Å². The Kier molecular flexibility index (Phi) is 1.70. The number of nitrogen functional groups attached to an aromatic ring is 1. The van der Waals surface area contributed by atoms with Gasteiger partial charge in [0, 0.05) is 13.2 Å². The number of hydrogen-bond donors (Lipinski definition) is 1. The molecule has 5 heteroatoms. The van der Waals surface area contributed by atoms with E-state index in [1.54, 1.807) is 10.9 Å². The Morgan fingerprint density at radius 1 is 1.23 bits per heavy atom. The molecule has 0 fully saturated rings. The van der Waals surface area contributed by atoms with Crippen LogP contribution in [0.3, 0.4) is 0 Å². The van der Waals surface area contributed by atoms with Gasteiger partial charge >= 0.3 is 0 Å². The van der Waals surface area contributed by atoms with Gasteiger partial charge in [0.2, 0.25) is 0 Å². The molecule has 66 valence electrons. The smallest absolute Gasteiger partial charge is 0.141 e. The number of rotatable bonds is 1. The van der Waals surface area contributed by atoms with Crippen LogP contribution in [0, 0.1) is 0 Å². The molecule has 0 radical (unpaired) electrons. The van der Waals surface area contributed by atoms with Crippen LogP contribution < -0.4 is 5.73 Å². The first-order chi connectivity index (χ1) is 6.25. The second-order valence-corrected chi connectivity index (χ2v) is 2.70. The normalized spacial score (nSPS) is 10.2. The highest BCUT2D eigenvalue weighted by Crippen LogP contribution is 2.12. The van der Waals surface area contributed by atoms with Crippen molar-refractivity contribution in [3.05, 3.63) is 24.7 Å². The maximum Gasteiger partial charge on any atom is 0.141 e. The highest BCUT2D eigenvalue weighted by Gasteiger charge is 2.01. The van der Waals surface area contributed by atoms with Gasteiger partial charge in [-0.05, 0) is 6.07 Å². The fourth-order valence-electron chi connectivity index (χ4n) is 1.02. The summed E-state index contributed by atoms with van der Waals surface area (Å²) >= 11 is 0. The van der Waals surface area contributed by atoms with Gasteiger partial charge in [0.1, 0.15) is 17.2 Å². The van der Waals surface area contributed by atoms with E-state index < -0.39 is 0 Å². The molecule has 0 amide bonds. The van der Waals surface area contributed by atoms with E-state index in [1.165, 1.54) is 6.20 Å². The molecule has 0 atom stereocenters. The van der Waals surface area contributed by atoms with Crippen molar-refractivity contribution in [3.8, 4) is 11.4 Å². The van der Waals surface area contributed by atoms with Gasteiger partial charge in [-0.25, -0.2) is 9.97 Å². The number of nitrogens with zero attached hydrogens (tertiary/aromatic N) is 4. The van der Waals surface area contributed by atoms with Gasteiger partial charge in [-0.1, -0.05) is 0 Å². The number of anilines is 1. The zero-order valence-electron chi connectivity index (χ0n) is 7.18. The van der Waals surface area contributed by atoms with Crippen LogP contribution in [0.15, 0.2) is 24.7 Å². The van der Waals surface area contributed by atoms with Crippen LogP contribution in [-0.2, 0) is 7.05 Å². The Bertz CT molecular complexity index is 403. The minimum Gasteiger partial charge on any atom is -0.382 e. The standard InChI is InChI=1S/C8H9N5/c1-13-3-2-6(12-13)7-4-11-8(9)5-10-7/h2-5H,1H3,(H2,9,11). The summed E-state index contributed by atoms with van der Waals surface area (Å²) in [6.07, 6.45) is 4.98. The van der Waals surface area contributed by atoms with Gasteiger partial charge in [0.05, 0.1) is 12.4 Å². The molecule has 0 saturated heterocycles. The zero-order valence-corrected chi connectivity index (χ0v) is 7.18. The van der Waals surface area contributed by atoms with Crippen molar-refractivity contribution in [2.24, 2.45) is 7.05 Å². The third kappa shape index (κ3) is 1.48. The number of aryl methyl sites for hydroxylation is 1. The Morgan fingerprint density at radius 2 is 2.08 bits per heavy atom. The Balaban J connectivity index is 2.41. The van der Waals surface area contributed by atoms with Crippen LogP contribution in [-0.4, -0.2) is 19.7 Å². The first-order valence-electron chi connectivity index (χ1n) is 3.83. The first kappa shape index (κ1) is 7.72. The molecule has 0 saturated carbocycles. The average Bonchev–Trinajstić information content (AvgIpc) is 2.53. The number of aromatic nitrogens is 4. The summed E-state index contributed by atoms with van der Waals surface area (Å²) < 4.78 is 1.72. The molecule has 0 aromatic carbocycles. The summed E-state index contributed by atoms with van der Waals surface area (Å²) in [6, 6.07) is 1.88. The maximum absolute atomic E-state index is 5.41. The van der Waals surface area contributed by atoms with Crippen molar-refractivity contribution in [1.29, 1.82) is 0 Å². The van der Waals surface area contributed by atoms with Gasteiger partial charge in [0.25, 0.3) is 0 Å². The van der Waals surface area contributed by atoms with E-state index in [1.807, 2.05) is 19.3 Å². The molecular weight excluding hydrogens is 166 g/mol. The van der Waals surface area contributed by atoms with Crippen molar-refractivity contribution < 1.29 is 0 Å². The van der Waals surface area contributed by atoms with Crippen molar-refractivity contribution in [3.63, 3.8) is 0 Å². The van der Waals surface area contributed by atoms with E-state index in [9.17, 15) is 0 Å². The summed E-state index contributed by atoms with van der Waals surface area (Å²) in [6.45, 7) is 0. The van der Waals surface area contributed by atoms with Crippen molar-refractivity contribution in [2.75, 3.05) is 5.73 Å². The molecule has 2 rings (SSSR count). The van der Waals surface area contributed by atoms with Gasteiger partial charge in [-0.2, -0.15) is 5.10 Å². The Hall–Kier alpha value is -1.91. The van der Waals surface area contributed by atoms with Crippen LogP contribution in [0.2, 0.25) is 0 Å². The SMILES string of the molecule is Cn1ccc(-c2cnc(N)cn2)n1. The highest BCUT2D eigenvalue weighted by atomic mass is 15.2. The van der Waals surface area contributed by atoms with E-state index in [0.29, 0.717) is 5.82 Å². The second kappa shape index (κ2) is 2.85. The first-order valence-corrected chi connectivity index (χ1v) is 3.83. The molecule has 13 heavy (non-hydrogen) atoms. The number of nitrogens with two attached hydrogens (primary N) is 1. The maximum atomic E-state index is 5.41. The third-order valence-electron chi connectivity index (χ3n) is 1.65. The lowest BCUT2D eigenvalue weighted by Gasteiger charge is -1.94. The fraction of sp³-hybridized carbons (Fsp3) is 0.125. The Morgan fingerprint density at radius 3 is 2.62 bits per heavy atom. The fourth-order valence-corrected chi connectivity index (χ4v) is 1.02. The van der Waals surface area contributed by atoms with E-state index in [4.69, 9.17) is 5.73 Å². The Labute approximate surface area is 75.2 Å². The van der Waals surface area contributed by atoms with Crippen LogP contribution in [0.25, 0.3) is 11.4 Å². The van der Waals surface area contributed by atoms with Crippen molar-refractivity contribution >= 4 is 5.82 Å². The van der Waals surface area contributed by atoms with Crippen molar-refractivity contribution in [2.45, 2.75) is 0 Å². The third-order valence-corrected chi connectivity index (χ3v) is 1.65. The average molecular weight is 175 g/mol. The monoisotopic (exact) mass is 175 g/mol. The van der Waals surface area contributed by atoms with Gasteiger partial charge in [-0.3, -0.25) is 4.68 Å². The van der Waals surface area contributed by atoms with Gasteiger partial charge < -0.3 is 5.73 Å². The van der Waals surface area contributed by atoms with E-state index >= 15 is 0 Å². The quantitative estimate of drug-likeness (QED) is 0.683. The molecule has 2 aromatic heterocycles. The van der Waals surface area contributed by atoms with Gasteiger partial charge in [0.15, 0.2) is 0 Å².